The molecule has 0 bridgehead atoms. The van der Waals surface area contributed by atoms with Crippen molar-refractivity contribution in [2.24, 2.45) is 11.8 Å². The lowest BCUT2D eigenvalue weighted by atomic mass is 9.78. The summed E-state index contributed by atoms with van der Waals surface area (Å²) in [5, 5.41) is 11.7. The number of carbonyl (C=O) groups is 2. The van der Waals surface area contributed by atoms with Gasteiger partial charge in [-0.1, -0.05) is 26.7 Å². The number of likely N-dealkylation sites (N-methyl/N-ethyl adjacent to an activating group) is 1. The molecule has 1 aliphatic rings. The summed E-state index contributed by atoms with van der Waals surface area (Å²) < 4.78 is 0. The SMILES string of the molecule is C[C@@H]1[C@H](C)CCC[C@H]1NC(=O)CN(C)CC(=O)O. The number of hydrogen-bond donors (Lipinski definition) is 2. The summed E-state index contributed by atoms with van der Waals surface area (Å²) in [5.74, 6) is 0.142. The molecule has 1 rings (SSSR count). The molecule has 0 heterocycles. The Morgan fingerprint density at radius 2 is 1.94 bits per heavy atom. The summed E-state index contributed by atoms with van der Waals surface area (Å²) >= 11 is 0. The van der Waals surface area contributed by atoms with Crippen molar-refractivity contribution in [3.63, 3.8) is 0 Å². The Morgan fingerprint density at radius 3 is 2.56 bits per heavy atom. The molecule has 5 nitrogen and oxygen atoms in total. The number of rotatable bonds is 5. The molecular formula is C13H24N2O3. The summed E-state index contributed by atoms with van der Waals surface area (Å²) in [7, 11) is 1.64. The molecular weight excluding hydrogens is 232 g/mol. The van der Waals surface area contributed by atoms with Crippen LogP contribution in [0.2, 0.25) is 0 Å². The topological polar surface area (TPSA) is 69.6 Å². The van der Waals surface area contributed by atoms with Crippen molar-refractivity contribution in [1.29, 1.82) is 0 Å². The van der Waals surface area contributed by atoms with E-state index in [1.807, 2.05) is 0 Å². The predicted molar refractivity (Wildman–Crippen MR) is 69.2 cm³/mol. The molecule has 104 valence electrons. The summed E-state index contributed by atoms with van der Waals surface area (Å²) in [6.07, 6.45) is 3.41. The van der Waals surface area contributed by atoms with Gasteiger partial charge in [0.2, 0.25) is 5.91 Å². The van der Waals surface area contributed by atoms with E-state index in [1.54, 1.807) is 7.05 Å². The van der Waals surface area contributed by atoms with Gasteiger partial charge in [0.15, 0.2) is 0 Å². The Hall–Kier alpha value is -1.10. The van der Waals surface area contributed by atoms with E-state index in [0.717, 1.165) is 12.8 Å². The summed E-state index contributed by atoms with van der Waals surface area (Å²) in [6.45, 7) is 4.43. The maximum Gasteiger partial charge on any atom is 0.317 e. The first-order chi connectivity index (χ1) is 8.40. The Morgan fingerprint density at radius 1 is 1.28 bits per heavy atom. The minimum absolute atomic E-state index is 0.0790. The molecule has 0 unspecified atom stereocenters. The third-order valence-corrected chi connectivity index (χ3v) is 3.87. The van der Waals surface area contributed by atoms with Gasteiger partial charge < -0.3 is 10.4 Å². The number of carboxylic acids is 1. The molecule has 1 amide bonds. The highest BCUT2D eigenvalue weighted by Gasteiger charge is 2.28. The predicted octanol–water partition coefficient (Wildman–Crippen LogP) is 0.944. The highest BCUT2D eigenvalue weighted by molar-refractivity contribution is 5.79. The van der Waals surface area contributed by atoms with Crippen molar-refractivity contribution in [1.82, 2.24) is 10.2 Å². The van der Waals surface area contributed by atoms with E-state index in [1.165, 1.54) is 11.3 Å². The van der Waals surface area contributed by atoms with E-state index < -0.39 is 5.97 Å². The van der Waals surface area contributed by atoms with Crippen LogP contribution in [0.5, 0.6) is 0 Å². The molecule has 0 aromatic rings. The highest BCUT2D eigenvalue weighted by Crippen LogP contribution is 2.29. The first kappa shape index (κ1) is 15.0. The third-order valence-electron chi connectivity index (χ3n) is 3.87. The number of hydrogen-bond acceptors (Lipinski definition) is 3. The van der Waals surface area contributed by atoms with Crippen LogP contribution in [0.4, 0.5) is 0 Å². The maximum absolute atomic E-state index is 11.8. The number of aliphatic carboxylic acids is 1. The Bertz CT molecular complexity index is 307. The van der Waals surface area contributed by atoms with Gasteiger partial charge in [-0.2, -0.15) is 0 Å². The zero-order valence-corrected chi connectivity index (χ0v) is 11.5. The average molecular weight is 256 g/mol. The molecule has 0 saturated heterocycles. The van der Waals surface area contributed by atoms with E-state index in [2.05, 4.69) is 19.2 Å². The third kappa shape index (κ3) is 4.64. The average Bonchev–Trinajstić information content (AvgIpc) is 2.23. The van der Waals surface area contributed by atoms with E-state index >= 15 is 0 Å². The van der Waals surface area contributed by atoms with Gasteiger partial charge in [0.25, 0.3) is 0 Å². The van der Waals surface area contributed by atoms with Crippen LogP contribution in [0.3, 0.4) is 0 Å². The van der Waals surface area contributed by atoms with Crippen LogP contribution in [-0.4, -0.2) is 48.1 Å². The quantitative estimate of drug-likeness (QED) is 0.768. The molecule has 0 aromatic carbocycles. The van der Waals surface area contributed by atoms with Crippen molar-refractivity contribution in [2.75, 3.05) is 20.1 Å². The standard InChI is InChI=1S/C13H24N2O3/c1-9-5-4-6-11(10(9)2)14-12(16)7-15(3)8-13(17)18/h9-11H,4-8H2,1-3H3,(H,14,16)(H,17,18)/t9-,10-,11-/m1/s1. The van der Waals surface area contributed by atoms with Crippen molar-refractivity contribution in [3.05, 3.63) is 0 Å². The van der Waals surface area contributed by atoms with Gasteiger partial charge in [-0.3, -0.25) is 14.5 Å². The Balaban J connectivity index is 2.37. The van der Waals surface area contributed by atoms with Gasteiger partial charge in [-0.05, 0) is 25.3 Å². The number of carbonyl (C=O) groups excluding carboxylic acids is 1. The number of carboxylic acid groups (broad SMARTS) is 1. The zero-order chi connectivity index (χ0) is 13.7. The Labute approximate surface area is 109 Å². The molecule has 18 heavy (non-hydrogen) atoms. The second-order valence-corrected chi connectivity index (χ2v) is 5.51. The van der Waals surface area contributed by atoms with Crippen LogP contribution < -0.4 is 5.32 Å². The summed E-state index contributed by atoms with van der Waals surface area (Å²) in [6, 6.07) is 0.236. The smallest absolute Gasteiger partial charge is 0.317 e. The summed E-state index contributed by atoms with van der Waals surface area (Å²) in [5.41, 5.74) is 0. The normalized spacial score (nSPS) is 28.1. The van der Waals surface area contributed by atoms with E-state index in [0.29, 0.717) is 11.8 Å². The minimum Gasteiger partial charge on any atom is -0.480 e. The van der Waals surface area contributed by atoms with Gasteiger partial charge in [0, 0.05) is 6.04 Å². The van der Waals surface area contributed by atoms with Crippen molar-refractivity contribution >= 4 is 11.9 Å². The maximum atomic E-state index is 11.8. The van der Waals surface area contributed by atoms with Crippen LogP contribution in [0.1, 0.15) is 33.1 Å². The zero-order valence-electron chi connectivity index (χ0n) is 11.5. The first-order valence-electron chi connectivity index (χ1n) is 6.60. The monoisotopic (exact) mass is 256 g/mol. The molecule has 0 radical (unpaired) electrons. The van der Waals surface area contributed by atoms with E-state index in [-0.39, 0.29) is 25.0 Å². The molecule has 1 saturated carbocycles. The van der Waals surface area contributed by atoms with Gasteiger partial charge in [-0.15, -0.1) is 0 Å². The lowest BCUT2D eigenvalue weighted by Gasteiger charge is -2.34. The van der Waals surface area contributed by atoms with E-state index in [9.17, 15) is 9.59 Å². The van der Waals surface area contributed by atoms with Crippen molar-refractivity contribution in [2.45, 2.75) is 39.2 Å². The second-order valence-electron chi connectivity index (χ2n) is 5.51. The van der Waals surface area contributed by atoms with Gasteiger partial charge in [0.1, 0.15) is 0 Å². The first-order valence-corrected chi connectivity index (χ1v) is 6.60. The fourth-order valence-electron chi connectivity index (χ4n) is 2.57. The molecule has 0 spiro atoms. The molecule has 2 N–H and O–H groups in total. The second kappa shape index (κ2) is 6.73. The van der Waals surface area contributed by atoms with Crippen LogP contribution in [-0.2, 0) is 9.59 Å². The van der Waals surface area contributed by atoms with Gasteiger partial charge in [0.05, 0.1) is 13.1 Å². The van der Waals surface area contributed by atoms with Crippen LogP contribution in [0, 0.1) is 11.8 Å². The highest BCUT2D eigenvalue weighted by atomic mass is 16.4. The largest absolute Gasteiger partial charge is 0.480 e. The van der Waals surface area contributed by atoms with Crippen LogP contribution in [0.25, 0.3) is 0 Å². The number of nitrogens with one attached hydrogen (secondary N) is 1. The minimum atomic E-state index is -0.912. The van der Waals surface area contributed by atoms with Crippen LogP contribution in [0.15, 0.2) is 0 Å². The summed E-state index contributed by atoms with van der Waals surface area (Å²) in [4.78, 5) is 23.8. The Kier molecular flexibility index (Phi) is 5.59. The van der Waals surface area contributed by atoms with Gasteiger partial charge in [-0.25, -0.2) is 0 Å². The fourth-order valence-corrected chi connectivity index (χ4v) is 2.57. The number of nitrogens with zero attached hydrogens (tertiary/aromatic N) is 1. The van der Waals surface area contributed by atoms with Crippen LogP contribution >= 0.6 is 0 Å². The number of amides is 1. The molecule has 1 aliphatic carbocycles. The van der Waals surface area contributed by atoms with Crippen molar-refractivity contribution < 1.29 is 14.7 Å². The fraction of sp³-hybridized carbons (Fsp3) is 0.846. The van der Waals surface area contributed by atoms with E-state index in [4.69, 9.17) is 5.11 Å². The lowest BCUT2D eigenvalue weighted by Crippen LogP contribution is -2.47. The molecule has 5 heteroatoms. The van der Waals surface area contributed by atoms with Gasteiger partial charge >= 0.3 is 5.97 Å². The molecule has 0 aliphatic heterocycles. The molecule has 3 atom stereocenters. The lowest BCUT2D eigenvalue weighted by molar-refractivity contribution is -0.138. The molecule has 0 aromatic heterocycles. The van der Waals surface area contributed by atoms with Crippen molar-refractivity contribution in [3.8, 4) is 0 Å². The molecule has 1 fully saturated rings.